The summed E-state index contributed by atoms with van der Waals surface area (Å²) in [5, 5.41) is 9.52. The van der Waals surface area contributed by atoms with E-state index in [1.165, 1.54) is 60.3 Å². The zero-order valence-corrected chi connectivity index (χ0v) is 30.6. The summed E-state index contributed by atoms with van der Waals surface area (Å²) in [7, 11) is 0. The number of anilines is 3. The fourth-order valence-electron chi connectivity index (χ4n) is 8.63. The van der Waals surface area contributed by atoms with Gasteiger partial charge in [0.1, 0.15) is 11.2 Å². The van der Waals surface area contributed by atoms with Crippen LogP contribution in [0.4, 0.5) is 17.1 Å². The molecule has 0 spiro atoms. The Bertz CT molecular complexity index is 3230. The van der Waals surface area contributed by atoms with Crippen molar-refractivity contribution in [3.05, 3.63) is 212 Å². The predicted molar refractivity (Wildman–Crippen MR) is 237 cm³/mol. The normalized spacial score (nSPS) is 11.6. The highest BCUT2D eigenvalue weighted by atomic mass is 16.3. The van der Waals surface area contributed by atoms with E-state index in [-0.39, 0.29) is 0 Å². The van der Waals surface area contributed by atoms with E-state index in [1.807, 2.05) is 0 Å². The Morgan fingerprint density at radius 2 is 0.875 bits per heavy atom. The van der Waals surface area contributed by atoms with Crippen LogP contribution in [0.15, 0.2) is 217 Å². The van der Waals surface area contributed by atoms with Crippen LogP contribution in [0.1, 0.15) is 0 Å². The molecule has 11 aromatic rings. The first-order chi connectivity index (χ1) is 27.8. The molecule has 0 unspecified atom stereocenters. The van der Waals surface area contributed by atoms with Crippen molar-refractivity contribution in [2.75, 3.05) is 4.90 Å². The van der Waals surface area contributed by atoms with Gasteiger partial charge in [-0.05, 0) is 109 Å². The highest BCUT2D eigenvalue weighted by Gasteiger charge is 2.21. The fraction of sp³-hybridized carbons (Fsp3) is 0. The maximum Gasteiger partial charge on any atom is 0.143 e. The van der Waals surface area contributed by atoms with Gasteiger partial charge in [-0.1, -0.05) is 164 Å². The molecule has 56 heavy (non-hydrogen) atoms. The molecule has 0 saturated heterocycles. The molecule has 10 aromatic carbocycles. The Morgan fingerprint density at radius 3 is 1.59 bits per heavy atom. The van der Waals surface area contributed by atoms with Crippen molar-refractivity contribution in [2.24, 2.45) is 0 Å². The minimum Gasteiger partial charge on any atom is -0.455 e. The SMILES string of the molecule is c1ccc(-c2ccccc2-c2ccc(N(c3ccc(-c4cc5ccccc5c5ccccc45)cc3)c3cccc4oc5c6ccccc6ccc5c34)cc2)cc1. The van der Waals surface area contributed by atoms with Crippen molar-refractivity contribution < 1.29 is 4.42 Å². The molecular weight excluding hydrogens is 679 g/mol. The fourth-order valence-corrected chi connectivity index (χ4v) is 8.63. The van der Waals surface area contributed by atoms with Crippen LogP contribution < -0.4 is 4.90 Å². The Kier molecular flexibility index (Phi) is 7.53. The second-order valence-electron chi connectivity index (χ2n) is 14.4. The summed E-state index contributed by atoms with van der Waals surface area (Å²) in [6.45, 7) is 0. The quantitative estimate of drug-likeness (QED) is 0.160. The van der Waals surface area contributed by atoms with E-state index in [0.29, 0.717) is 0 Å². The molecule has 1 aromatic heterocycles. The van der Waals surface area contributed by atoms with Gasteiger partial charge in [-0.25, -0.2) is 0 Å². The molecule has 0 amide bonds. The number of furan rings is 1. The second-order valence-corrected chi connectivity index (χ2v) is 14.4. The number of nitrogens with zero attached hydrogens (tertiary/aromatic N) is 1. The lowest BCUT2D eigenvalue weighted by Gasteiger charge is -2.27. The Hall–Kier alpha value is -7.42. The summed E-state index contributed by atoms with van der Waals surface area (Å²) >= 11 is 0. The number of fused-ring (bicyclic) bond motifs is 8. The molecule has 0 N–H and O–H groups in total. The molecule has 2 heteroatoms. The maximum absolute atomic E-state index is 6.69. The first kappa shape index (κ1) is 32.0. The summed E-state index contributed by atoms with van der Waals surface area (Å²) in [6, 6.07) is 76.4. The zero-order valence-electron chi connectivity index (χ0n) is 30.6. The lowest BCUT2D eigenvalue weighted by atomic mass is 9.93. The van der Waals surface area contributed by atoms with E-state index in [0.717, 1.165) is 44.4 Å². The lowest BCUT2D eigenvalue weighted by molar-refractivity contribution is 0.672. The van der Waals surface area contributed by atoms with Crippen molar-refractivity contribution in [3.63, 3.8) is 0 Å². The molecule has 0 aliphatic carbocycles. The molecule has 0 atom stereocenters. The highest BCUT2D eigenvalue weighted by Crippen LogP contribution is 2.45. The largest absolute Gasteiger partial charge is 0.455 e. The third-order valence-corrected chi connectivity index (χ3v) is 11.3. The van der Waals surface area contributed by atoms with Crippen molar-refractivity contribution in [3.8, 4) is 33.4 Å². The van der Waals surface area contributed by atoms with E-state index < -0.39 is 0 Å². The van der Waals surface area contributed by atoms with E-state index in [1.54, 1.807) is 0 Å². The standard InChI is InChI=1S/C54H35NO/c1-2-13-36(14-3-1)43-17-8-9-18-44(43)38-25-30-41(31-26-38)55(51-23-12-24-52-53(51)49-34-29-37-15-4-7-20-46(37)54(49)56-52)42-32-27-39(28-33-42)50-35-40-16-5-6-19-45(40)47-21-10-11-22-48(47)50/h1-35H. The van der Waals surface area contributed by atoms with Gasteiger partial charge in [0, 0.05) is 22.1 Å². The Labute approximate surface area is 325 Å². The van der Waals surface area contributed by atoms with E-state index in [2.05, 4.69) is 217 Å². The molecule has 0 aliphatic rings. The van der Waals surface area contributed by atoms with Crippen LogP contribution in [-0.2, 0) is 0 Å². The topological polar surface area (TPSA) is 16.4 Å². The predicted octanol–water partition coefficient (Wildman–Crippen LogP) is 15.5. The van der Waals surface area contributed by atoms with Gasteiger partial charge in [-0.3, -0.25) is 0 Å². The molecule has 0 saturated carbocycles. The average molecular weight is 714 g/mol. The van der Waals surface area contributed by atoms with Crippen molar-refractivity contribution in [1.29, 1.82) is 0 Å². The molecule has 0 bridgehead atoms. The molecule has 0 aliphatic heterocycles. The van der Waals surface area contributed by atoms with Crippen LogP contribution in [0.2, 0.25) is 0 Å². The van der Waals surface area contributed by atoms with Gasteiger partial charge in [0.2, 0.25) is 0 Å². The molecule has 11 rings (SSSR count). The number of hydrogen-bond acceptors (Lipinski definition) is 2. The van der Waals surface area contributed by atoms with E-state index in [9.17, 15) is 0 Å². The van der Waals surface area contributed by atoms with Gasteiger partial charge in [-0.15, -0.1) is 0 Å². The molecule has 0 fully saturated rings. The van der Waals surface area contributed by atoms with Crippen molar-refractivity contribution in [1.82, 2.24) is 0 Å². The number of rotatable bonds is 6. The van der Waals surface area contributed by atoms with Crippen LogP contribution in [-0.4, -0.2) is 0 Å². The summed E-state index contributed by atoms with van der Waals surface area (Å²) in [5.74, 6) is 0. The summed E-state index contributed by atoms with van der Waals surface area (Å²) in [6.07, 6.45) is 0. The van der Waals surface area contributed by atoms with Crippen LogP contribution in [0.25, 0.3) is 87.6 Å². The highest BCUT2D eigenvalue weighted by molar-refractivity contribution is 6.20. The number of benzene rings is 10. The van der Waals surface area contributed by atoms with Crippen LogP contribution in [0, 0.1) is 0 Å². The Balaban J connectivity index is 1.09. The van der Waals surface area contributed by atoms with Crippen LogP contribution in [0.3, 0.4) is 0 Å². The molecule has 1 heterocycles. The zero-order chi connectivity index (χ0) is 37.0. The summed E-state index contributed by atoms with van der Waals surface area (Å²) < 4.78 is 6.69. The van der Waals surface area contributed by atoms with Gasteiger partial charge in [0.05, 0.1) is 11.1 Å². The third-order valence-electron chi connectivity index (χ3n) is 11.3. The minimum atomic E-state index is 0.867. The van der Waals surface area contributed by atoms with Gasteiger partial charge < -0.3 is 9.32 Å². The second kappa shape index (κ2) is 13.2. The van der Waals surface area contributed by atoms with Gasteiger partial charge >= 0.3 is 0 Å². The third kappa shape index (κ3) is 5.26. The first-order valence-corrected chi connectivity index (χ1v) is 19.2. The van der Waals surface area contributed by atoms with Gasteiger partial charge in [0.15, 0.2) is 0 Å². The van der Waals surface area contributed by atoms with Crippen molar-refractivity contribution in [2.45, 2.75) is 0 Å². The van der Waals surface area contributed by atoms with Crippen LogP contribution >= 0.6 is 0 Å². The Morgan fingerprint density at radius 1 is 0.321 bits per heavy atom. The minimum absolute atomic E-state index is 0.867. The van der Waals surface area contributed by atoms with E-state index in [4.69, 9.17) is 4.42 Å². The summed E-state index contributed by atoms with van der Waals surface area (Å²) in [4.78, 5) is 2.38. The first-order valence-electron chi connectivity index (χ1n) is 19.2. The van der Waals surface area contributed by atoms with Gasteiger partial charge in [0.25, 0.3) is 0 Å². The smallest absolute Gasteiger partial charge is 0.143 e. The molecular formula is C54H35NO. The van der Waals surface area contributed by atoms with Gasteiger partial charge in [-0.2, -0.15) is 0 Å². The average Bonchev–Trinajstić information content (AvgIpc) is 3.67. The lowest BCUT2D eigenvalue weighted by Crippen LogP contribution is -2.10. The summed E-state index contributed by atoms with van der Waals surface area (Å²) in [5.41, 5.74) is 12.2. The number of hydrogen-bond donors (Lipinski definition) is 0. The van der Waals surface area contributed by atoms with E-state index >= 15 is 0 Å². The molecule has 2 nitrogen and oxygen atoms in total. The maximum atomic E-state index is 6.69. The van der Waals surface area contributed by atoms with Crippen LogP contribution in [0.5, 0.6) is 0 Å². The molecule has 262 valence electrons. The monoisotopic (exact) mass is 713 g/mol. The molecule has 0 radical (unpaired) electrons. The van der Waals surface area contributed by atoms with Crippen molar-refractivity contribution >= 4 is 71.3 Å².